The molecule has 2 atom stereocenters. The zero-order valence-electron chi connectivity index (χ0n) is 15.7. The fourth-order valence-electron chi connectivity index (χ4n) is 2.79. The van der Waals surface area contributed by atoms with Gasteiger partial charge in [0.15, 0.2) is 0 Å². The molecule has 1 heterocycles. The van der Waals surface area contributed by atoms with E-state index in [1.807, 2.05) is 13.8 Å². The molecule has 7 nitrogen and oxygen atoms in total. The molecular formula is C19H25N3O4. The van der Waals surface area contributed by atoms with Crippen LogP contribution in [0.15, 0.2) is 24.3 Å². The molecule has 140 valence electrons. The summed E-state index contributed by atoms with van der Waals surface area (Å²) in [5, 5.41) is 0. The highest BCUT2D eigenvalue weighted by atomic mass is 16.2. The predicted molar refractivity (Wildman–Crippen MR) is 95.9 cm³/mol. The average Bonchev–Trinajstić information content (AvgIpc) is 2.84. The van der Waals surface area contributed by atoms with Crippen molar-refractivity contribution in [2.75, 3.05) is 0 Å². The molecule has 2 N–H and O–H groups in total. The minimum atomic E-state index is -1.02. The number of nitrogens with one attached hydrogen (secondary N) is 2. The van der Waals surface area contributed by atoms with Crippen LogP contribution in [-0.2, 0) is 9.59 Å². The van der Waals surface area contributed by atoms with Gasteiger partial charge in [-0.15, -0.1) is 0 Å². The van der Waals surface area contributed by atoms with Crippen LogP contribution in [0.2, 0.25) is 0 Å². The van der Waals surface area contributed by atoms with Gasteiger partial charge in [-0.1, -0.05) is 46.8 Å². The quantitative estimate of drug-likeness (QED) is 0.618. The van der Waals surface area contributed by atoms with E-state index in [-0.39, 0.29) is 34.8 Å². The maximum atomic E-state index is 12.6. The van der Waals surface area contributed by atoms with Crippen LogP contribution >= 0.6 is 0 Å². The van der Waals surface area contributed by atoms with E-state index in [0.29, 0.717) is 0 Å². The number of nitrogens with zero attached hydrogens (tertiary/aromatic N) is 1. The van der Waals surface area contributed by atoms with Crippen LogP contribution < -0.4 is 10.9 Å². The van der Waals surface area contributed by atoms with Gasteiger partial charge in [0.2, 0.25) is 5.91 Å². The van der Waals surface area contributed by atoms with Crippen LogP contribution in [-0.4, -0.2) is 34.6 Å². The molecule has 0 aliphatic carbocycles. The van der Waals surface area contributed by atoms with Crippen LogP contribution in [0.3, 0.4) is 0 Å². The molecule has 1 aromatic rings. The van der Waals surface area contributed by atoms with E-state index < -0.39 is 23.8 Å². The van der Waals surface area contributed by atoms with E-state index in [2.05, 4.69) is 10.9 Å². The Hall–Kier alpha value is -2.70. The van der Waals surface area contributed by atoms with Gasteiger partial charge >= 0.3 is 0 Å². The molecule has 1 aliphatic heterocycles. The summed E-state index contributed by atoms with van der Waals surface area (Å²) in [7, 11) is 0. The van der Waals surface area contributed by atoms with E-state index in [9.17, 15) is 19.2 Å². The van der Waals surface area contributed by atoms with Gasteiger partial charge in [-0.05, 0) is 24.0 Å². The first-order valence-corrected chi connectivity index (χ1v) is 8.73. The molecule has 0 bridgehead atoms. The van der Waals surface area contributed by atoms with Crippen LogP contribution in [0.25, 0.3) is 0 Å². The zero-order valence-corrected chi connectivity index (χ0v) is 15.7. The van der Waals surface area contributed by atoms with Crippen LogP contribution in [0, 0.1) is 17.8 Å². The summed E-state index contributed by atoms with van der Waals surface area (Å²) in [4.78, 5) is 50.9. The molecule has 2 rings (SSSR count). The summed E-state index contributed by atoms with van der Waals surface area (Å²) in [6, 6.07) is 5.46. The van der Waals surface area contributed by atoms with Crippen LogP contribution in [0.4, 0.5) is 0 Å². The van der Waals surface area contributed by atoms with Gasteiger partial charge in [0.1, 0.15) is 6.04 Å². The Balaban J connectivity index is 2.17. The van der Waals surface area contributed by atoms with Gasteiger partial charge in [0.25, 0.3) is 17.7 Å². The number of rotatable bonds is 5. The topological polar surface area (TPSA) is 95.6 Å². The molecule has 0 spiro atoms. The van der Waals surface area contributed by atoms with Gasteiger partial charge < -0.3 is 0 Å². The molecule has 26 heavy (non-hydrogen) atoms. The van der Waals surface area contributed by atoms with E-state index in [1.54, 1.807) is 45.0 Å². The van der Waals surface area contributed by atoms with Crippen molar-refractivity contribution in [3.8, 4) is 0 Å². The molecule has 0 saturated carbocycles. The third kappa shape index (κ3) is 3.61. The van der Waals surface area contributed by atoms with E-state index >= 15 is 0 Å². The molecule has 0 aromatic heterocycles. The smallest absolute Gasteiger partial charge is 0.262 e. The van der Waals surface area contributed by atoms with Gasteiger partial charge in [-0.3, -0.25) is 34.9 Å². The van der Waals surface area contributed by atoms with Gasteiger partial charge in [0, 0.05) is 5.92 Å². The summed E-state index contributed by atoms with van der Waals surface area (Å²) >= 11 is 0. The molecule has 0 fully saturated rings. The number of imide groups is 1. The number of hydrazine groups is 1. The second-order valence-electron chi connectivity index (χ2n) is 7.23. The Bertz CT molecular complexity index is 707. The van der Waals surface area contributed by atoms with Crippen molar-refractivity contribution in [3.63, 3.8) is 0 Å². The van der Waals surface area contributed by atoms with Crippen molar-refractivity contribution in [1.29, 1.82) is 0 Å². The predicted octanol–water partition coefficient (Wildman–Crippen LogP) is 1.75. The Kier molecular flexibility index (Phi) is 5.79. The molecule has 7 heteroatoms. The number of benzene rings is 1. The lowest BCUT2D eigenvalue weighted by Crippen LogP contribution is -2.56. The minimum absolute atomic E-state index is 0.115. The van der Waals surface area contributed by atoms with Crippen molar-refractivity contribution in [1.82, 2.24) is 15.8 Å². The molecule has 0 radical (unpaired) electrons. The Labute approximate surface area is 153 Å². The molecule has 4 amide bonds. The third-order valence-electron chi connectivity index (χ3n) is 4.73. The van der Waals surface area contributed by atoms with Crippen molar-refractivity contribution in [2.45, 2.75) is 40.7 Å². The molecular weight excluding hydrogens is 334 g/mol. The first kappa shape index (κ1) is 19.6. The maximum Gasteiger partial charge on any atom is 0.262 e. The van der Waals surface area contributed by atoms with Crippen molar-refractivity contribution in [3.05, 3.63) is 35.4 Å². The van der Waals surface area contributed by atoms with Gasteiger partial charge in [-0.2, -0.15) is 0 Å². The number of carbonyl (C=O) groups excluding carboxylic acids is 4. The normalized spacial score (nSPS) is 15.9. The third-order valence-corrected chi connectivity index (χ3v) is 4.73. The van der Waals surface area contributed by atoms with E-state index in [1.165, 1.54) is 0 Å². The maximum absolute atomic E-state index is 12.6. The second kappa shape index (κ2) is 7.68. The van der Waals surface area contributed by atoms with Crippen molar-refractivity contribution in [2.24, 2.45) is 17.8 Å². The summed E-state index contributed by atoms with van der Waals surface area (Å²) in [5.41, 5.74) is 5.32. The molecule has 0 saturated heterocycles. The number of hydrogen-bond donors (Lipinski definition) is 2. The summed E-state index contributed by atoms with van der Waals surface area (Å²) < 4.78 is 0. The zero-order chi connectivity index (χ0) is 19.6. The Morgan fingerprint density at radius 2 is 1.27 bits per heavy atom. The second-order valence-corrected chi connectivity index (χ2v) is 7.23. The summed E-state index contributed by atoms with van der Waals surface area (Å²) in [6.45, 7) is 9.05. The molecule has 2 unspecified atom stereocenters. The van der Waals surface area contributed by atoms with Crippen LogP contribution in [0.5, 0.6) is 0 Å². The number of amides is 4. The van der Waals surface area contributed by atoms with Gasteiger partial charge in [0.05, 0.1) is 11.1 Å². The summed E-state index contributed by atoms with van der Waals surface area (Å²) in [5.74, 6) is -2.41. The SMILES string of the molecule is CC(C)C(C)C(=O)NNC(=O)C(C(C)C)N1C(=O)c2ccccc2C1=O. The van der Waals surface area contributed by atoms with Crippen LogP contribution in [0.1, 0.15) is 55.3 Å². The highest BCUT2D eigenvalue weighted by molar-refractivity contribution is 6.22. The number of carbonyl (C=O) groups is 4. The first-order valence-electron chi connectivity index (χ1n) is 8.73. The molecule has 1 aliphatic rings. The Morgan fingerprint density at radius 3 is 1.69 bits per heavy atom. The first-order chi connectivity index (χ1) is 12.2. The fraction of sp³-hybridized carbons (Fsp3) is 0.474. The van der Waals surface area contributed by atoms with Gasteiger partial charge in [-0.25, -0.2) is 0 Å². The van der Waals surface area contributed by atoms with Crippen molar-refractivity contribution < 1.29 is 19.2 Å². The molecule has 1 aromatic carbocycles. The summed E-state index contributed by atoms with van der Waals surface area (Å²) in [6.07, 6.45) is 0. The monoisotopic (exact) mass is 359 g/mol. The lowest BCUT2D eigenvalue weighted by molar-refractivity contribution is -0.134. The lowest BCUT2D eigenvalue weighted by Gasteiger charge is -2.28. The lowest BCUT2D eigenvalue weighted by atomic mass is 9.98. The fourth-order valence-corrected chi connectivity index (χ4v) is 2.79. The Morgan fingerprint density at radius 1 is 0.808 bits per heavy atom. The number of hydrogen-bond acceptors (Lipinski definition) is 4. The van der Waals surface area contributed by atoms with E-state index in [4.69, 9.17) is 0 Å². The van der Waals surface area contributed by atoms with E-state index in [0.717, 1.165) is 4.90 Å². The minimum Gasteiger partial charge on any atom is -0.273 e. The largest absolute Gasteiger partial charge is 0.273 e. The number of fused-ring (bicyclic) bond motifs is 1. The highest BCUT2D eigenvalue weighted by Crippen LogP contribution is 2.27. The standard InChI is InChI=1S/C19H25N3O4/c1-10(2)12(5)16(23)20-21-17(24)15(11(3)4)22-18(25)13-8-6-7-9-14(13)19(22)26/h6-12,15H,1-5H3,(H,20,23)(H,21,24). The van der Waals surface area contributed by atoms with Crippen molar-refractivity contribution >= 4 is 23.6 Å². The highest BCUT2D eigenvalue weighted by Gasteiger charge is 2.44. The average molecular weight is 359 g/mol.